The largest absolute Gasteiger partial charge is 0.490 e. The molecule has 0 spiro atoms. The Balaban J connectivity index is 1.69. The van der Waals surface area contributed by atoms with Crippen molar-refractivity contribution in [3.05, 3.63) is 102 Å². The second kappa shape index (κ2) is 10.7. The number of ether oxygens (including phenoxy) is 3. The molecule has 0 amide bonds. The summed E-state index contributed by atoms with van der Waals surface area (Å²) in [6, 6.07) is 29.4. The van der Waals surface area contributed by atoms with E-state index in [2.05, 4.69) is 0 Å². The molecule has 0 aliphatic rings. The summed E-state index contributed by atoms with van der Waals surface area (Å²) in [6.45, 7) is 0.381. The summed E-state index contributed by atoms with van der Waals surface area (Å²) in [7, 11) is 0. The first-order chi connectivity index (χ1) is 15.7. The molecule has 0 aromatic heterocycles. The van der Waals surface area contributed by atoms with E-state index in [1.165, 1.54) is 0 Å². The monoisotopic (exact) mass is 430 g/mol. The van der Waals surface area contributed by atoms with E-state index in [1.54, 1.807) is 6.07 Å². The van der Waals surface area contributed by atoms with E-state index in [0.29, 0.717) is 30.5 Å². The second-order valence-electron chi connectivity index (χ2n) is 7.44. The summed E-state index contributed by atoms with van der Waals surface area (Å²) < 4.78 is 18.3. The van der Waals surface area contributed by atoms with Crippen molar-refractivity contribution in [1.29, 1.82) is 0 Å². The molecular weight excluding hydrogens is 404 g/mol. The Morgan fingerprint density at radius 1 is 0.625 bits per heavy atom. The van der Waals surface area contributed by atoms with E-state index in [-0.39, 0.29) is 13.2 Å². The van der Waals surface area contributed by atoms with Crippen LogP contribution < -0.4 is 14.2 Å². The van der Waals surface area contributed by atoms with Gasteiger partial charge in [-0.05, 0) is 11.1 Å². The number of hydrogen-bond donors (Lipinski definition) is 2. The zero-order valence-electron chi connectivity index (χ0n) is 17.7. The molecule has 0 saturated heterocycles. The van der Waals surface area contributed by atoms with Crippen LogP contribution in [0.1, 0.15) is 11.1 Å². The van der Waals surface area contributed by atoms with Gasteiger partial charge in [-0.1, -0.05) is 84.9 Å². The van der Waals surface area contributed by atoms with Crippen molar-refractivity contribution in [3.8, 4) is 17.2 Å². The zero-order valence-corrected chi connectivity index (χ0v) is 17.7. The van der Waals surface area contributed by atoms with Gasteiger partial charge in [-0.15, -0.1) is 0 Å². The molecule has 4 aromatic carbocycles. The summed E-state index contributed by atoms with van der Waals surface area (Å²) in [5.41, 5.74) is 2.09. The minimum absolute atomic E-state index is 0.0250. The third kappa shape index (κ3) is 5.38. The molecule has 2 N–H and O–H groups in total. The first-order valence-corrected chi connectivity index (χ1v) is 10.6. The van der Waals surface area contributed by atoms with E-state index in [1.807, 2.05) is 84.9 Å². The summed E-state index contributed by atoms with van der Waals surface area (Å²) in [6.07, 6.45) is -0.962. The fraction of sp³-hybridized carbons (Fsp3) is 0.185. The Kier molecular flexibility index (Phi) is 7.23. The number of aliphatic hydroxyl groups is 2. The molecule has 1 atom stereocenters. The van der Waals surface area contributed by atoms with Gasteiger partial charge in [0.25, 0.3) is 0 Å². The summed E-state index contributed by atoms with van der Waals surface area (Å²) >= 11 is 0. The Bertz CT molecular complexity index is 1130. The summed E-state index contributed by atoms with van der Waals surface area (Å²) in [4.78, 5) is 0. The average Bonchev–Trinajstić information content (AvgIpc) is 2.86. The van der Waals surface area contributed by atoms with Crippen molar-refractivity contribution in [2.24, 2.45) is 0 Å². The van der Waals surface area contributed by atoms with E-state index in [0.717, 1.165) is 21.9 Å². The van der Waals surface area contributed by atoms with E-state index >= 15 is 0 Å². The number of benzene rings is 4. The van der Waals surface area contributed by atoms with Crippen LogP contribution in [0.3, 0.4) is 0 Å². The molecule has 4 rings (SSSR count). The maximum Gasteiger partial charge on any atom is 0.169 e. The molecule has 0 heterocycles. The molecule has 4 aromatic rings. The lowest BCUT2D eigenvalue weighted by Gasteiger charge is -2.19. The summed E-state index contributed by atoms with van der Waals surface area (Å²) in [5.74, 6) is 1.75. The molecule has 0 fully saturated rings. The fourth-order valence-corrected chi connectivity index (χ4v) is 3.37. The van der Waals surface area contributed by atoms with Gasteiger partial charge in [0.1, 0.15) is 31.7 Å². The minimum Gasteiger partial charge on any atom is -0.490 e. The van der Waals surface area contributed by atoms with Crippen LogP contribution in [0.25, 0.3) is 10.8 Å². The van der Waals surface area contributed by atoms with Crippen LogP contribution in [0, 0.1) is 0 Å². The van der Waals surface area contributed by atoms with Gasteiger partial charge in [-0.25, -0.2) is 0 Å². The van der Waals surface area contributed by atoms with Crippen molar-refractivity contribution in [1.82, 2.24) is 0 Å². The Morgan fingerprint density at radius 3 is 1.81 bits per heavy atom. The predicted molar refractivity (Wildman–Crippen MR) is 124 cm³/mol. The normalized spacial score (nSPS) is 11.8. The van der Waals surface area contributed by atoms with E-state index in [9.17, 15) is 5.11 Å². The van der Waals surface area contributed by atoms with E-state index in [4.69, 9.17) is 19.3 Å². The van der Waals surface area contributed by atoms with Crippen LogP contribution in [0.2, 0.25) is 0 Å². The van der Waals surface area contributed by atoms with Gasteiger partial charge in [0, 0.05) is 16.8 Å². The number of rotatable bonds is 10. The van der Waals surface area contributed by atoms with Gasteiger partial charge in [0.2, 0.25) is 0 Å². The molecule has 0 aliphatic carbocycles. The third-order valence-corrected chi connectivity index (χ3v) is 5.03. The zero-order chi connectivity index (χ0) is 22.2. The molecule has 0 saturated carbocycles. The predicted octanol–water partition coefficient (Wildman–Crippen LogP) is 4.73. The highest BCUT2D eigenvalue weighted by atomic mass is 16.5. The van der Waals surface area contributed by atoms with Crippen molar-refractivity contribution in [2.45, 2.75) is 19.3 Å². The smallest absolute Gasteiger partial charge is 0.169 e. The van der Waals surface area contributed by atoms with Crippen LogP contribution in [0.4, 0.5) is 0 Å². The molecule has 0 bridgehead atoms. The highest BCUT2D eigenvalue weighted by Gasteiger charge is 2.17. The molecule has 32 heavy (non-hydrogen) atoms. The Morgan fingerprint density at radius 2 is 1.19 bits per heavy atom. The van der Waals surface area contributed by atoms with Gasteiger partial charge in [-0.3, -0.25) is 0 Å². The second-order valence-corrected chi connectivity index (χ2v) is 7.44. The number of aliphatic hydroxyl groups excluding tert-OH is 2. The van der Waals surface area contributed by atoms with Gasteiger partial charge >= 0.3 is 0 Å². The third-order valence-electron chi connectivity index (χ3n) is 5.03. The molecule has 164 valence electrons. The topological polar surface area (TPSA) is 68.2 Å². The van der Waals surface area contributed by atoms with Crippen molar-refractivity contribution < 1.29 is 24.4 Å². The SMILES string of the molecule is OCC(O)COc1cc(OCc2ccccc2)c(OCc2ccccc2)c2ccccc12. The highest BCUT2D eigenvalue weighted by molar-refractivity contribution is 5.95. The molecule has 5 nitrogen and oxygen atoms in total. The van der Waals surface area contributed by atoms with E-state index < -0.39 is 6.10 Å². The standard InChI is InChI=1S/C27H26O5/c28-16-22(29)19-31-25-15-26(30-17-20-9-3-1-4-10-20)27(24-14-8-7-13-23(24)25)32-18-21-11-5-2-6-12-21/h1-15,22,28-29H,16-19H2. The lowest BCUT2D eigenvalue weighted by molar-refractivity contribution is 0.0540. The van der Waals surface area contributed by atoms with Crippen LogP contribution in [-0.2, 0) is 13.2 Å². The van der Waals surface area contributed by atoms with Crippen molar-refractivity contribution in [3.63, 3.8) is 0 Å². The molecule has 5 heteroatoms. The molecule has 0 radical (unpaired) electrons. The number of fused-ring (bicyclic) bond motifs is 1. The first kappa shape index (κ1) is 21.7. The Hall–Kier alpha value is -3.54. The maximum atomic E-state index is 9.75. The number of hydrogen-bond acceptors (Lipinski definition) is 5. The van der Waals surface area contributed by atoms with Crippen LogP contribution in [-0.4, -0.2) is 29.5 Å². The van der Waals surface area contributed by atoms with Crippen molar-refractivity contribution >= 4 is 10.8 Å². The van der Waals surface area contributed by atoms with Gasteiger partial charge in [0.15, 0.2) is 11.5 Å². The fourth-order valence-electron chi connectivity index (χ4n) is 3.37. The van der Waals surface area contributed by atoms with Crippen LogP contribution in [0.5, 0.6) is 17.2 Å². The first-order valence-electron chi connectivity index (χ1n) is 10.6. The average molecular weight is 431 g/mol. The molecule has 1 unspecified atom stereocenters. The summed E-state index contributed by atoms with van der Waals surface area (Å²) in [5, 5.41) is 20.6. The minimum atomic E-state index is -0.962. The maximum absolute atomic E-state index is 9.75. The molecule has 0 aliphatic heterocycles. The van der Waals surface area contributed by atoms with Crippen molar-refractivity contribution in [2.75, 3.05) is 13.2 Å². The van der Waals surface area contributed by atoms with Crippen LogP contribution >= 0.6 is 0 Å². The van der Waals surface area contributed by atoms with Gasteiger partial charge in [-0.2, -0.15) is 0 Å². The van der Waals surface area contributed by atoms with Gasteiger partial charge in [0.05, 0.1) is 6.61 Å². The quantitative estimate of drug-likeness (QED) is 0.381. The Labute approximate surface area is 187 Å². The molecular formula is C27H26O5. The lowest BCUT2D eigenvalue weighted by atomic mass is 10.1. The van der Waals surface area contributed by atoms with Gasteiger partial charge < -0.3 is 24.4 Å². The highest BCUT2D eigenvalue weighted by Crippen LogP contribution is 2.42. The van der Waals surface area contributed by atoms with Crippen LogP contribution in [0.15, 0.2) is 91.0 Å². The lowest BCUT2D eigenvalue weighted by Crippen LogP contribution is -2.21.